The summed E-state index contributed by atoms with van der Waals surface area (Å²) < 4.78 is 5.37. The van der Waals surface area contributed by atoms with E-state index in [4.69, 9.17) is 16.3 Å². The Balaban J connectivity index is 2.26. The van der Waals surface area contributed by atoms with E-state index in [9.17, 15) is 20.2 Å². The van der Waals surface area contributed by atoms with Gasteiger partial charge in [0, 0.05) is 23.8 Å². The topological polar surface area (TPSA) is 108 Å². The zero-order valence-corrected chi connectivity index (χ0v) is 11.4. The summed E-state index contributed by atoms with van der Waals surface area (Å²) in [6.45, 7) is 1.55. The lowest BCUT2D eigenvalue weighted by Gasteiger charge is -2.06. The average Bonchev–Trinajstić information content (AvgIpc) is 2.37. The third-order valence-electron chi connectivity index (χ3n) is 2.59. The van der Waals surface area contributed by atoms with Crippen molar-refractivity contribution in [3.63, 3.8) is 0 Å². The van der Waals surface area contributed by atoms with Crippen molar-refractivity contribution in [1.29, 1.82) is 0 Å². The molecule has 0 aliphatic heterocycles. The normalized spacial score (nSPS) is 10.2. The third kappa shape index (κ3) is 3.23. The van der Waals surface area contributed by atoms with Crippen molar-refractivity contribution in [2.24, 2.45) is 0 Å². The molecular formula is C12H8ClN3O5. The first-order valence-electron chi connectivity index (χ1n) is 5.61. The molecule has 1 aromatic carbocycles. The van der Waals surface area contributed by atoms with Gasteiger partial charge in [-0.05, 0) is 13.0 Å². The number of aromatic nitrogens is 1. The molecule has 8 nitrogen and oxygen atoms in total. The Morgan fingerprint density at radius 2 is 1.81 bits per heavy atom. The number of halogens is 1. The van der Waals surface area contributed by atoms with Crippen LogP contribution in [-0.2, 0) is 0 Å². The molecular weight excluding hydrogens is 302 g/mol. The Morgan fingerprint density at radius 3 is 2.33 bits per heavy atom. The minimum Gasteiger partial charge on any atom is -0.439 e. The van der Waals surface area contributed by atoms with E-state index in [1.54, 1.807) is 6.92 Å². The smallest absolute Gasteiger partial charge is 0.290 e. The van der Waals surface area contributed by atoms with Crippen LogP contribution in [0.3, 0.4) is 0 Å². The van der Waals surface area contributed by atoms with Crippen molar-refractivity contribution in [1.82, 2.24) is 4.98 Å². The first-order valence-corrected chi connectivity index (χ1v) is 5.99. The molecule has 0 fully saturated rings. The lowest BCUT2D eigenvalue weighted by molar-refractivity contribution is -0.385. The van der Waals surface area contributed by atoms with Crippen LogP contribution in [0.25, 0.3) is 0 Å². The molecule has 0 radical (unpaired) electrons. The number of nitro benzene ring substituents is 1. The van der Waals surface area contributed by atoms with Gasteiger partial charge in [0.05, 0.1) is 9.85 Å². The molecule has 1 aromatic heterocycles. The lowest BCUT2D eigenvalue weighted by atomic mass is 10.2. The van der Waals surface area contributed by atoms with Crippen LogP contribution in [0.2, 0.25) is 5.02 Å². The Bertz CT molecular complexity index is 673. The van der Waals surface area contributed by atoms with Gasteiger partial charge in [-0.15, -0.1) is 0 Å². The molecule has 0 aliphatic rings. The molecule has 0 saturated heterocycles. The molecule has 0 aliphatic carbocycles. The van der Waals surface area contributed by atoms with Crippen LogP contribution in [-0.4, -0.2) is 14.8 Å². The SMILES string of the molecule is Cc1cc(Oc2ccc([N+](=O)[O-])c(Cl)c2)ncc1[N+](=O)[O-]. The van der Waals surface area contributed by atoms with Crippen molar-refractivity contribution < 1.29 is 14.6 Å². The molecule has 0 bridgehead atoms. The molecule has 0 saturated carbocycles. The highest BCUT2D eigenvalue weighted by atomic mass is 35.5. The van der Waals surface area contributed by atoms with Gasteiger partial charge in [0.2, 0.25) is 5.88 Å². The monoisotopic (exact) mass is 309 g/mol. The van der Waals surface area contributed by atoms with E-state index in [2.05, 4.69) is 4.98 Å². The molecule has 0 atom stereocenters. The molecule has 9 heteroatoms. The van der Waals surface area contributed by atoms with Gasteiger partial charge in [-0.1, -0.05) is 11.6 Å². The molecule has 2 aromatic rings. The summed E-state index contributed by atoms with van der Waals surface area (Å²) in [4.78, 5) is 24.0. The quantitative estimate of drug-likeness (QED) is 0.630. The van der Waals surface area contributed by atoms with Gasteiger partial charge in [0.25, 0.3) is 11.4 Å². The number of ether oxygens (including phenoxy) is 1. The second-order valence-corrected chi connectivity index (χ2v) is 4.45. The average molecular weight is 310 g/mol. The zero-order chi connectivity index (χ0) is 15.6. The van der Waals surface area contributed by atoms with Crippen LogP contribution in [0.5, 0.6) is 11.6 Å². The number of hydrogen-bond acceptors (Lipinski definition) is 6. The van der Waals surface area contributed by atoms with Crippen LogP contribution in [0.4, 0.5) is 11.4 Å². The summed E-state index contributed by atoms with van der Waals surface area (Å²) in [5, 5.41) is 21.2. The highest BCUT2D eigenvalue weighted by Gasteiger charge is 2.15. The van der Waals surface area contributed by atoms with Crippen molar-refractivity contribution >= 4 is 23.0 Å². The van der Waals surface area contributed by atoms with Crippen LogP contribution < -0.4 is 4.74 Å². The fourth-order valence-corrected chi connectivity index (χ4v) is 1.83. The summed E-state index contributed by atoms with van der Waals surface area (Å²) in [6.07, 6.45) is 1.08. The summed E-state index contributed by atoms with van der Waals surface area (Å²) in [5.74, 6) is 0.370. The summed E-state index contributed by atoms with van der Waals surface area (Å²) in [5.41, 5.74) is 0.0268. The molecule has 0 unspecified atom stereocenters. The fourth-order valence-electron chi connectivity index (χ4n) is 1.59. The molecule has 0 amide bonds. The van der Waals surface area contributed by atoms with Crippen molar-refractivity contribution in [2.45, 2.75) is 6.92 Å². The van der Waals surface area contributed by atoms with E-state index in [1.165, 1.54) is 24.3 Å². The molecule has 2 rings (SSSR count). The largest absolute Gasteiger partial charge is 0.439 e. The van der Waals surface area contributed by atoms with Gasteiger partial charge in [-0.2, -0.15) is 0 Å². The molecule has 1 heterocycles. The predicted molar refractivity (Wildman–Crippen MR) is 73.8 cm³/mol. The number of rotatable bonds is 4. The highest BCUT2D eigenvalue weighted by molar-refractivity contribution is 6.32. The van der Waals surface area contributed by atoms with Gasteiger partial charge >= 0.3 is 0 Å². The van der Waals surface area contributed by atoms with Crippen LogP contribution in [0.15, 0.2) is 30.5 Å². The maximum absolute atomic E-state index is 10.7. The van der Waals surface area contributed by atoms with E-state index >= 15 is 0 Å². The third-order valence-corrected chi connectivity index (χ3v) is 2.90. The van der Waals surface area contributed by atoms with Crippen LogP contribution in [0.1, 0.15) is 5.56 Å². The lowest BCUT2D eigenvalue weighted by Crippen LogP contribution is -1.95. The van der Waals surface area contributed by atoms with E-state index in [0.717, 1.165) is 6.20 Å². The number of nitrogens with zero attached hydrogens (tertiary/aromatic N) is 3. The summed E-state index contributed by atoms with van der Waals surface area (Å²) in [7, 11) is 0. The first kappa shape index (κ1) is 14.7. The molecule has 0 N–H and O–H groups in total. The maximum atomic E-state index is 10.7. The van der Waals surface area contributed by atoms with Crippen molar-refractivity contribution in [3.05, 3.63) is 61.3 Å². The van der Waals surface area contributed by atoms with Crippen molar-refractivity contribution in [2.75, 3.05) is 0 Å². The molecule has 0 spiro atoms. The number of hydrogen-bond donors (Lipinski definition) is 0. The Labute approximate surface area is 123 Å². The Hall–Kier alpha value is -2.74. The second kappa shape index (κ2) is 5.71. The summed E-state index contributed by atoms with van der Waals surface area (Å²) in [6, 6.07) is 5.24. The first-order chi connectivity index (χ1) is 9.88. The standard InChI is InChI=1S/C12H8ClN3O5/c1-7-4-12(14-6-11(7)16(19)20)21-8-2-3-10(15(17)18)9(13)5-8/h2-6H,1H3. The van der Waals surface area contributed by atoms with Crippen molar-refractivity contribution in [3.8, 4) is 11.6 Å². The van der Waals surface area contributed by atoms with Gasteiger partial charge in [-0.3, -0.25) is 20.2 Å². The number of nitro groups is 2. The van der Waals surface area contributed by atoms with E-state index in [1.807, 2.05) is 0 Å². The zero-order valence-electron chi connectivity index (χ0n) is 10.6. The van der Waals surface area contributed by atoms with Gasteiger partial charge in [0.15, 0.2) is 0 Å². The maximum Gasteiger partial charge on any atom is 0.290 e. The van der Waals surface area contributed by atoms with Gasteiger partial charge in [-0.25, -0.2) is 4.98 Å². The fraction of sp³-hybridized carbons (Fsp3) is 0.0833. The minimum atomic E-state index is -0.611. The van der Waals surface area contributed by atoms with Crippen LogP contribution >= 0.6 is 11.6 Å². The van der Waals surface area contributed by atoms with E-state index in [-0.39, 0.29) is 28.0 Å². The Kier molecular flexibility index (Phi) is 3.99. The van der Waals surface area contributed by atoms with E-state index in [0.29, 0.717) is 5.56 Å². The van der Waals surface area contributed by atoms with Gasteiger partial charge < -0.3 is 4.74 Å². The predicted octanol–water partition coefficient (Wildman–Crippen LogP) is 3.65. The number of benzene rings is 1. The van der Waals surface area contributed by atoms with Gasteiger partial charge in [0.1, 0.15) is 17.0 Å². The number of aryl methyl sites for hydroxylation is 1. The minimum absolute atomic E-state index is 0.0730. The Morgan fingerprint density at radius 1 is 1.14 bits per heavy atom. The molecule has 108 valence electrons. The van der Waals surface area contributed by atoms with Crippen LogP contribution in [0, 0.1) is 27.2 Å². The second-order valence-electron chi connectivity index (χ2n) is 4.04. The number of pyridine rings is 1. The highest BCUT2D eigenvalue weighted by Crippen LogP contribution is 2.31. The summed E-state index contributed by atoms with van der Waals surface area (Å²) >= 11 is 5.76. The molecule has 21 heavy (non-hydrogen) atoms. The van der Waals surface area contributed by atoms with E-state index < -0.39 is 9.85 Å².